The highest BCUT2D eigenvalue weighted by molar-refractivity contribution is 14.1. The smallest absolute Gasteiger partial charge is 0.221 e. The molecule has 15 heavy (non-hydrogen) atoms. The Bertz CT molecular complexity index is 468. The van der Waals surface area contributed by atoms with Crippen LogP contribution in [0, 0.1) is 0 Å². The molecule has 0 unspecified atom stereocenters. The number of hydrogen-bond acceptors (Lipinski definition) is 1. The van der Waals surface area contributed by atoms with Crippen molar-refractivity contribution in [1.29, 1.82) is 0 Å². The summed E-state index contributed by atoms with van der Waals surface area (Å²) in [4.78, 5) is 11.0. The van der Waals surface area contributed by atoms with Gasteiger partial charge < -0.3 is 5.32 Å². The Morgan fingerprint density at radius 1 is 1.53 bits per heavy atom. The number of allylic oxidation sites excluding steroid dienone is 1. The first-order valence-corrected chi connectivity index (χ1v) is 5.98. The fourth-order valence-corrected chi connectivity index (χ4v) is 2.70. The minimum atomic E-state index is -0.0398. The van der Waals surface area contributed by atoms with Crippen LogP contribution in [0.1, 0.15) is 18.1 Å². The second-order valence-electron chi connectivity index (χ2n) is 3.44. The fourth-order valence-electron chi connectivity index (χ4n) is 1.67. The van der Waals surface area contributed by atoms with Crippen LogP contribution in [0.2, 0.25) is 5.02 Å². The molecular weight excluding hydrogens is 324 g/mol. The molecule has 0 heterocycles. The number of carbonyl (C=O) groups excluding carboxylic acids is 1. The molecule has 0 atom stereocenters. The minimum absolute atomic E-state index is 0.0398. The van der Waals surface area contributed by atoms with Gasteiger partial charge in [0.15, 0.2) is 0 Å². The van der Waals surface area contributed by atoms with Gasteiger partial charge in [0.05, 0.1) is 5.70 Å². The van der Waals surface area contributed by atoms with Gasteiger partial charge in [-0.3, -0.25) is 4.79 Å². The zero-order valence-electron chi connectivity index (χ0n) is 8.10. The van der Waals surface area contributed by atoms with E-state index in [4.69, 9.17) is 11.6 Å². The van der Waals surface area contributed by atoms with Gasteiger partial charge >= 0.3 is 0 Å². The van der Waals surface area contributed by atoms with E-state index in [1.807, 2.05) is 18.2 Å². The number of amides is 1. The van der Waals surface area contributed by atoms with E-state index < -0.39 is 0 Å². The van der Waals surface area contributed by atoms with Crippen molar-refractivity contribution in [2.24, 2.45) is 0 Å². The third-order valence-electron chi connectivity index (χ3n) is 2.25. The third kappa shape index (κ3) is 2.18. The largest absolute Gasteiger partial charge is 0.325 e. The van der Waals surface area contributed by atoms with Crippen LogP contribution in [0.5, 0.6) is 0 Å². The molecule has 0 aromatic heterocycles. The Hall–Kier alpha value is -0.550. The summed E-state index contributed by atoms with van der Waals surface area (Å²) in [5, 5.41) is 3.60. The average Bonchev–Trinajstić information content (AvgIpc) is 2.41. The molecule has 4 heteroatoms. The molecule has 1 aromatic carbocycles. The maximum atomic E-state index is 11.0. The van der Waals surface area contributed by atoms with Gasteiger partial charge in [0, 0.05) is 27.5 Å². The van der Waals surface area contributed by atoms with E-state index in [9.17, 15) is 4.79 Å². The summed E-state index contributed by atoms with van der Waals surface area (Å²) in [6, 6.07) is 5.75. The second-order valence-corrected chi connectivity index (χ2v) is 5.18. The summed E-state index contributed by atoms with van der Waals surface area (Å²) in [6.45, 7) is 1.52. The first-order chi connectivity index (χ1) is 7.08. The van der Waals surface area contributed by atoms with Gasteiger partial charge in [0.2, 0.25) is 5.91 Å². The summed E-state index contributed by atoms with van der Waals surface area (Å²) in [6.07, 6.45) is 0.853. The highest BCUT2D eigenvalue weighted by atomic mass is 127. The van der Waals surface area contributed by atoms with Crippen LogP contribution in [0.4, 0.5) is 0 Å². The molecule has 1 N–H and O–H groups in total. The van der Waals surface area contributed by atoms with Crippen LogP contribution < -0.4 is 5.32 Å². The molecule has 78 valence electrons. The molecular formula is C11H9ClINO. The van der Waals surface area contributed by atoms with Crippen molar-refractivity contribution in [3.8, 4) is 0 Å². The molecule has 1 aliphatic carbocycles. The standard InChI is InChI=1S/C11H9ClINO/c1-6(15)14-11-9-3-2-8(12)4-7(9)5-10(11)13/h2-4H,5H2,1H3,(H,14,15). The van der Waals surface area contributed by atoms with Gasteiger partial charge in [-0.15, -0.1) is 0 Å². The lowest BCUT2D eigenvalue weighted by Gasteiger charge is -2.06. The van der Waals surface area contributed by atoms with E-state index in [1.54, 1.807) is 0 Å². The van der Waals surface area contributed by atoms with Gasteiger partial charge in [-0.05, 0) is 40.3 Å². The molecule has 0 fully saturated rings. The van der Waals surface area contributed by atoms with Crippen LogP contribution >= 0.6 is 34.2 Å². The Kier molecular flexibility index (Phi) is 3.02. The van der Waals surface area contributed by atoms with Crippen molar-refractivity contribution >= 4 is 45.8 Å². The Morgan fingerprint density at radius 2 is 2.27 bits per heavy atom. The van der Waals surface area contributed by atoms with Gasteiger partial charge in [-0.2, -0.15) is 0 Å². The zero-order chi connectivity index (χ0) is 11.0. The fraction of sp³-hybridized carbons (Fsp3) is 0.182. The number of fused-ring (bicyclic) bond motifs is 1. The summed E-state index contributed by atoms with van der Waals surface area (Å²) in [5.41, 5.74) is 3.18. The minimum Gasteiger partial charge on any atom is -0.325 e. The van der Waals surface area contributed by atoms with Crippen molar-refractivity contribution in [1.82, 2.24) is 5.32 Å². The lowest BCUT2D eigenvalue weighted by Crippen LogP contribution is -2.17. The second kappa shape index (κ2) is 4.14. The number of benzene rings is 1. The van der Waals surface area contributed by atoms with Crippen LogP contribution in [0.15, 0.2) is 21.8 Å². The molecule has 0 bridgehead atoms. The molecule has 2 rings (SSSR count). The molecule has 1 amide bonds. The van der Waals surface area contributed by atoms with Crippen LogP contribution in [-0.2, 0) is 11.2 Å². The number of carbonyl (C=O) groups is 1. The first kappa shape index (κ1) is 11.0. The highest BCUT2D eigenvalue weighted by Gasteiger charge is 2.20. The van der Waals surface area contributed by atoms with Gasteiger partial charge in [-0.1, -0.05) is 17.7 Å². The molecule has 1 aromatic rings. The summed E-state index contributed by atoms with van der Waals surface area (Å²) >= 11 is 8.17. The molecule has 0 aliphatic heterocycles. The predicted octanol–water partition coefficient (Wildman–Crippen LogP) is 3.14. The highest BCUT2D eigenvalue weighted by Crippen LogP contribution is 2.35. The molecule has 0 saturated carbocycles. The van der Waals surface area contributed by atoms with Crippen molar-refractivity contribution in [3.05, 3.63) is 37.9 Å². The van der Waals surface area contributed by atoms with Gasteiger partial charge in [-0.25, -0.2) is 0 Å². The Labute approximate surface area is 107 Å². The average molecular weight is 334 g/mol. The normalized spacial score (nSPS) is 14.1. The SMILES string of the molecule is CC(=O)NC1=C(I)Cc2cc(Cl)ccc21. The van der Waals surface area contributed by atoms with Crippen molar-refractivity contribution < 1.29 is 4.79 Å². The van der Waals surface area contributed by atoms with Crippen LogP contribution in [-0.4, -0.2) is 5.91 Å². The number of hydrogen-bond donors (Lipinski definition) is 1. The molecule has 0 spiro atoms. The predicted molar refractivity (Wildman–Crippen MR) is 69.9 cm³/mol. The number of halogens is 2. The maximum Gasteiger partial charge on any atom is 0.221 e. The summed E-state index contributed by atoms with van der Waals surface area (Å²) in [7, 11) is 0. The number of nitrogens with one attached hydrogen (secondary N) is 1. The maximum absolute atomic E-state index is 11.0. The Balaban J connectivity index is 2.42. The molecule has 2 nitrogen and oxygen atoms in total. The molecule has 0 radical (unpaired) electrons. The van der Waals surface area contributed by atoms with Gasteiger partial charge in [0.25, 0.3) is 0 Å². The Morgan fingerprint density at radius 3 is 2.93 bits per heavy atom. The lowest BCUT2D eigenvalue weighted by atomic mass is 10.1. The van der Waals surface area contributed by atoms with Crippen molar-refractivity contribution in [2.45, 2.75) is 13.3 Å². The number of rotatable bonds is 1. The summed E-state index contributed by atoms with van der Waals surface area (Å²) < 4.78 is 1.15. The third-order valence-corrected chi connectivity index (χ3v) is 3.41. The molecule has 1 aliphatic rings. The van der Waals surface area contributed by atoms with E-state index in [-0.39, 0.29) is 5.91 Å². The van der Waals surface area contributed by atoms with Crippen molar-refractivity contribution in [2.75, 3.05) is 0 Å². The lowest BCUT2D eigenvalue weighted by molar-refractivity contribution is -0.117. The first-order valence-electron chi connectivity index (χ1n) is 4.53. The zero-order valence-corrected chi connectivity index (χ0v) is 11.0. The monoisotopic (exact) mass is 333 g/mol. The summed E-state index contributed by atoms with van der Waals surface area (Å²) in [5.74, 6) is -0.0398. The van der Waals surface area contributed by atoms with Crippen LogP contribution in [0.25, 0.3) is 5.70 Å². The van der Waals surface area contributed by atoms with Crippen molar-refractivity contribution in [3.63, 3.8) is 0 Å². The van der Waals surface area contributed by atoms with E-state index in [0.29, 0.717) is 0 Å². The van der Waals surface area contributed by atoms with E-state index >= 15 is 0 Å². The quantitative estimate of drug-likeness (QED) is 0.786. The topological polar surface area (TPSA) is 29.1 Å². The van der Waals surface area contributed by atoms with Gasteiger partial charge in [0.1, 0.15) is 0 Å². The van der Waals surface area contributed by atoms with E-state index in [2.05, 4.69) is 27.9 Å². The van der Waals surface area contributed by atoms with Crippen LogP contribution in [0.3, 0.4) is 0 Å². The van der Waals surface area contributed by atoms with E-state index in [0.717, 1.165) is 26.3 Å². The molecule has 0 saturated heterocycles. The van der Waals surface area contributed by atoms with E-state index in [1.165, 1.54) is 12.5 Å².